The molecule has 12 nitrogen and oxygen atoms in total. The molecule has 0 amide bonds. The molecule has 9 rings (SSSR count). The van der Waals surface area contributed by atoms with Crippen molar-refractivity contribution in [1.82, 2.24) is 38.7 Å². The lowest BCUT2D eigenvalue weighted by atomic mass is 10.0. The highest BCUT2D eigenvalue weighted by Gasteiger charge is 2.30. The fourth-order valence-corrected chi connectivity index (χ4v) is 10.2. The topological polar surface area (TPSA) is 112 Å². The van der Waals surface area contributed by atoms with Crippen molar-refractivity contribution in [2.75, 3.05) is 78.7 Å². The summed E-state index contributed by atoms with van der Waals surface area (Å²) in [5, 5.41) is 10.3. The highest BCUT2D eigenvalue weighted by Crippen LogP contribution is 2.30. The maximum atomic E-state index is 14.6. The van der Waals surface area contributed by atoms with Gasteiger partial charge in [0.1, 0.15) is 11.6 Å². The van der Waals surface area contributed by atoms with Crippen molar-refractivity contribution >= 4 is 21.8 Å². The Bertz CT molecular complexity index is 2850. The van der Waals surface area contributed by atoms with Crippen LogP contribution in [-0.2, 0) is 24.4 Å². The molecule has 2 saturated heterocycles. The first kappa shape index (κ1) is 46.3. The Kier molecular flexibility index (Phi) is 15.1. The Morgan fingerprint density at radius 2 is 1.04 bits per heavy atom. The number of fused-ring (bicyclic) bond motifs is 2. The molecule has 12 heteroatoms. The van der Waals surface area contributed by atoms with Gasteiger partial charge in [-0.1, -0.05) is 111 Å². The maximum absolute atomic E-state index is 14.6. The van der Waals surface area contributed by atoms with E-state index in [2.05, 4.69) is 106 Å². The number of aliphatic hydroxyl groups is 1. The van der Waals surface area contributed by atoms with E-state index in [1.54, 1.807) is 0 Å². The third-order valence-electron chi connectivity index (χ3n) is 13.8. The molecule has 0 bridgehead atoms. The van der Waals surface area contributed by atoms with Crippen molar-refractivity contribution in [3.8, 4) is 11.1 Å². The van der Waals surface area contributed by atoms with Crippen molar-refractivity contribution < 1.29 is 9.84 Å². The Balaban J connectivity index is 1.01. The first-order chi connectivity index (χ1) is 32.9. The van der Waals surface area contributed by atoms with Crippen molar-refractivity contribution in [3.63, 3.8) is 0 Å². The molecule has 7 aromatic rings. The number of aromatic nitrogens is 4. The van der Waals surface area contributed by atoms with Crippen LogP contribution in [0.25, 0.3) is 32.9 Å². The van der Waals surface area contributed by atoms with Gasteiger partial charge in [0, 0.05) is 65.4 Å². The van der Waals surface area contributed by atoms with Crippen LogP contribution < -0.4 is 11.1 Å². The Morgan fingerprint density at radius 3 is 1.67 bits per heavy atom. The number of para-hydroxylation sites is 1. The standard InChI is InChI=1S/C55H64N8O4/c1-3-50(61-30-26-59(27-31-61)38-41-14-7-5-8-15-41)52-56-48-21-12-11-20-46(48)54(65)63(52)40-43-18-13-19-44(36-43)45-22-23-47-49(37-45)57-53(62(55(47)66)39-42-16-9-6-10-17-42)51(4-2)60-28-24-58(25-29-60)32-34-67-35-33-64/h5-23,36-37,50-51,64H,3-4,24-35,38-40H2,1-2H3. The average molecular weight is 901 g/mol. The number of hydrogen-bond donors (Lipinski definition) is 1. The molecule has 0 spiro atoms. The molecule has 348 valence electrons. The van der Waals surface area contributed by atoms with Crippen LogP contribution in [0.5, 0.6) is 0 Å². The molecule has 2 atom stereocenters. The van der Waals surface area contributed by atoms with Gasteiger partial charge in [0.15, 0.2) is 0 Å². The minimum Gasteiger partial charge on any atom is -0.394 e. The van der Waals surface area contributed by atoms with Crippen LogP contribution in [0.2, 0.25) is 0 Å². The molecule has 0 aliphatic carbocycles. The van der Waals surface area contributed by atoms with Gasteiger partial charge in [0.25, 0.3) is 11.1 Å². The average Bonchev–Trinajstić information content (AvgIpc) is 3.37. The lowest BCUT2D eigenvalue weighted by Gasteiger charge is -2.39. The zero-order valence-corrected chi connectivity index (χ0v) is 39.0. The van der Waals surface area contributed by atoms with Crippen LogP contribution >= 0.6 is 0 Å². The Morgan fingerprint density at radius 1 is 0.522 bits per heavy atom. The number of piperazine rings is 2. The summed E-state index contributed by atoms with van der Waals surface area (Å²) in [5.41, 5.74) is 6.67. The van der Waals surface area contributed by atoms with E-state index in [1.807, 2.05) is 63.7 Å². The molecule has 2 unspecified atom stereocenters. The van der Waals surface area contributed by atoms with E-state index in [1.165, 1.54) is 5.56 Å². The van der Waals surface area contributed by atoms with Crippen molar-refractivity contribution in [1.29, 1.82) is 0 Å². The van der Waals surface area contributed by atoms with E-state index in [-0.39, 0.29) is 29.8 Å². The molecular weight excluding hydrogens is 837 g/mol. The van der Waals surface area contributed by atoms with Gasteiger partial charge in [-0.15, -0.1) is 0 Å². The quantitative estimate of drug-likeness (QED) is 0.0888. The maximum Gasteiger partial charge on any atom is 0.261 e. The lowest BCUT2D eigenvalue weighted by molar-refractivity contribution is 0.0460. The number of benzene rings is 5. The highest BCUT2D eigenvalue weighted by atomic mass is 16.5. The second-order valence-corrected chi connectivity index (χ2v) is 18.0. The molecule has 2 aliphatic rings. The molecule has 5 aromatic carbocycles. The molecule has 0 radical (unpaired) electrons. The molecule has 0 saturated carbocycles. The van der Waals surface area contributed by atoms with E-state index >= 15 is 0 Å². The van der Waals surface area contributed by atoms with Gasteiger partial charge in [-0.25, -0.2) is 9.97 Å². The van der Waals surface area contributed by atoms with Gasteiger partial charge in [-0.2, -0.15) is 0 Å². The van der Waals surface area contributed by atoms with Crippen molar-refractivity contribution in [2.24, 2.45) is 0 Å². The third kappa shape index (κ3) is 10.7. The Hall–Kier alpha value is -5.86. The summed E-state index contributed by atoms with van der Waals surface area (Å²) in [6.07, 6.45) is 1.64. The van der Waals surface area contributed by atoms with Gasteiger partial charge >= 0.3 is 0 Å². The smallest absolute Gasteiger partial charge is 0.261 e. The van der Waals surface area contributed by atoms with Gasteiger partial charge in [0.2, 0.25) is 0 Å². The monoisotopic (exact) mass is 901 g/mol. The SMILES string of the molecule is CCC(c1nc2cc(-c3cccc(Cn4c(C(CC)N5CCN(Cc6ccccc6)CC5)nc5ccccc5c4=O)c3)ccc2c(=O)n1Cc1ccccc1)N1CCN(CCOCCO)CC1. The van der Waals surface area contributed by atoms with Gasteiger partial charge in [-0.3, -0.25) is 38.3 Å². The molecule has 2 aliphatic heterocycles. The highest BCUT2D eigenvalue weighted by molar-refractivity contribution is 5.84. The van der Waals surface area contributed by atoms with Crippen LogP contribution in [-0.4, -0.2) is 123 Å². The summed E-state index contributed by atoms with van der Waals surface area (Å²) in [7, 11) is 0. The van der Waals surface area contributed by atoms with E-state index < -0.39 is 0 Å². The van der Waals surface area contributed by atoms with Gasteiger partial charge in [-0.05, 0) is 71.0 Å². The predicted molar refractivity (Wildman–Crippen MR) is 267 cm³/mol. The fraction of sp³-hybridized carbons (Fsp3) is 0.382. The first-order valence-corrected chi connectivity index (χ1v) is 24.2. The van der Waals surface area contributed by atoms with Crippen molar-refractivity contribution in [2.45, 2.75) is 58.4 Å². The molecule has 2 fully saturated rings. The van der Waals surface area contributed by atoms with Crippen LogP contribution in [0.1, 0.15) is 67.1 Å². The molecular formula is C55H64N8O4. The minimum atomic E-state index is -0.0474. The summed E-state index contributed by atoms with van der Waals surface area (Å²) in [6, 6.07) is 42.9. The third-order valence-corrected chi connectivity index (χ3v) is 13.8. The Labute approximate surface area is 393 Å². The van der Waals surface area contributed by atoms with Gasteiger partial charge in [0.05, 0.1) is 66.8 Å². The fourth-order valence-electron chi connectivity index (χ4n) is 10.2. The van der Waals surface area contributed by atoms with E-state index in [0.717, 1.165) is 118 Å². The summed E-state index contributed by atoms with van der Waals surface area (Å²) >= 11 is 0. The molecule has 2 aromatic heterocycles. The van der Waals surface area contributed by atoms with E-state index in [9.17, 15) is 9.59 Å². The molecule has 67 heavy (non-hydrogen) atoms. The largest absolute Gasteiger partial charge is 0.394 e. The van der Waals surface area contributed by atoms with E-state index in [4.69, 9.17) is 19.8 Å². The summed E-state index contributed by atoms with van der Waals surface area (Å²) in [5.74, 6) is 1.59. The number of hydrogen-bond acceptors (Lipinski definition) is 10. The number of aliphatic hydroxyl groups excluding tert-OH is 1. The van der Waals surface area contributed by atoms with Crippen molar-refractivity contribution in [3.05, 3.63) is 176 Å². The lowest BCUT2D eigenvalue weighted by Crippen LogP contribution is -2.49. The van der Waals surface area contributed by atoms with E-state index in [0.29, 0.717) is 42.6 Å². The zero-order valence-electron chi connectivity index (χ0n) is 39.0. The van der Waals surface area contributed by atoms with Crippen LogP contribution in [0.3, 0.4) is 0 Å². The minimum absolute atomic E-state index is 0.0149. The van der Waals surface area contributed by atoms with Gasteiger partial charge < -0.3 is 9.84 Å². The van der Waals surface area contributed by atoms with Crippen LogP contribution in [0.4, 0.5) is 0 Å². The number of ether oxygens (including phenoxy) is 1. The molecule has 1 N–H and O–H groups in total. The number of rotatable bonds is 18. The second-order valence-electron chi connectivity index (χ2n) is 18.0. The molecule has 4 heterocycles. The summed E-state index contributed by atoms with van der Waals surface area (Å²) in [4.78, 5) is 49.7. The zero-order chi connectivity index (χ0) is 46.1. The summed E-state index contributed by atoms with van der Waals surface area (Å²) < 4.78 is 9.35. The van der Waals surface area contributed by atoms with Crippen LogP contribution in [0, 0.1) is 0 Å². The normalized spacial score (nSPS) is 16.5. The predicted octanol–water partition coefficient (Wildman–Crippen LogP) is 7.22. The summed E-state index contributed by atoms with van der Waals surface area (Å²) in [6.45, 7) is 15.1. The second kappa shape index (κ2) is 21.8. The number of nitrogens with zero attached hydrogens (tertiary/aromatic N) is 8. The first-order valence-electron chi connectivity index (χ1n) is 24.2. The van der Waals surface area contributed by atoms with Crippen LogP contribution in [0.15, 0.2) is 137 Å².